The van der Waals surface area contributed by atoms with Crippen LogP contribution in [0, 0.1) is 13.8 Å². The van der Waals surface area contributed by atoms with Crippen LogP contribution in [0.3, 0.4) is 0 Å². The van der Waals surface area contributed by atoms with Crippen LogP contribution < -0.4 is 22.9 Å². The lowest BCUT2D eigenvalue weighted by atomic mass is 9.68. The fourth-order valence-corrected chi connectivity index (χ4v) is 5.35. The smallest absolute Gasteiger partial charge is 0.267 e. The maximum atomic E-state index is 12.7. The number of halogens is 1. The van der Waals surface area contributed by atoms with Gasteiger partial charge in [0.25, 0.3) is 5.56 Å². The number of H-pyrrole nitrogens is 1. The van der Waals surface area contributed by atoms with Gasteiger partial charge in [-0.25, -0.2) is 10.5 Å². The van der Waals surface area contributed by atoms with E-state index >= 15 is 0 Å². The van der Waals surface area contributed by atoms with Gasteiger partial charge in [-0.1, -0.05) is 23.7 Å². The van der Waals surface area contributed by atoms with Crippen molar-refractivity contribution in [3.8, 4) is 0 Å². The Bertz CT molecular complexity index is 1270. The number of aryl methyl sites for hydroxylation is 2. The van der Waals surface area contributed by atoms with Crippen molar-refractivity contribution < 1.29 is 0 Å². The van der Waals surface area contributed by atoms with Crippen LogP contribution in [0.4, 0.5) is 0 Å². The maximum Gasteiger partial charge on any atom is 0.267 e. The van der Waals surface area contributed by atoms with E-state index in [1.807, 2.05) is 32.0 Å². The lowest BCUT2D eigenvalue weighted by Gasteiger charge is -2.40. The minimum absolute atomic E-state index is 0.0230. The molecule has 1 saturated carbocycles. The first-order chi connectivity index (χ1) is 17.2. The number of nitrogens with two attached hydrogens (primary N) is 3. The monoisotopic (exact) mass is 510 g/mol. The molecule has 10 heteroatoms. The van der Waals surface area contributed by atoms with E-state index < -0.39 is 0 Å². The van der Waals surface area contributed by atoms with E-state index in [0.717, 1.165) is 54.6 Å². The van der Waals surface area contributed by atoms with Crippen molar-refractivity contribution in [2.45, 2.75) is 57.4 Å². The average Bonchev–Trinajstić information content (AvgIpc) is 3.20. The summed E-state index contributed by atoms with van der Waals surface area (Å²) in [5.41, 5.74) is 17.5. The number of hydrogen-bond donors (Lipinski definition) is 4. The summed E-state index contributed by atoms with van der Waals surface area (Å²) in [7, 11) is 0. The molecule has 0 atom stereocenters. The van der Waals surface area contributed by atoms with Crippen molar-refractivity contribution in [1.82, 2.24) is 25.0 Å². The van der Waals surface area contributed by atoms with E-state index in [1.54, 1.807) is 22.0 Å². The van der Waals surface area contributed by atoms with Gasteiger partial charge in [0.15, 0.2) is 0 Å². The van der Waals surface area contributed by atoms with Crippen molar-refractivity contribution in [2.24, 2.45) is 17.3 Å². The van der Waals surface area contributed by atoms with E-state index in [4.69, 9.17) is 28.9 Å². The molecule has 2 aromatic heterocycles. The first-order valence-electron chi connectivity index (χ1n) is 12.3. The quantitative estimate of drug-likeness (QED) is 0.269. The largest absolute Gasteiger partial charge is 0.396 e. The fourth-order valence-electron chi connectivity index (χ4n) is 5.16. The molecule has 4 rings (SSSR count). The lowest BCUT2D eigenvalue weighted by Crippen LogP contribution is -2.41. The van der Waals surface area contributed by atoms with E-state index in [9.17, 15) is 4.79 Å². The highest BCUT2D eigenvalue weighted by Crippen LogP contribution is 2.42. The standard InChI is InChI=1S/C26H35ClN8O/c1-17-22(18(2)32-31-17)10-13-34(30)15-23(29)24-6-7-25(36)35(33-24)21-8-11-26(16-28,12-9-21)19-4-3-5-20(27)14-19/h3-7,14-15,21H,8-13,16,28-30H2,1-2H3,(H,31,32)/b23-15-. The topological polar surface area (TPSA) is 145 Å². The van der Waals surface area contributed by atoms with Gasteiger partial charge in [0.2, 0.25) is 0 Å². The van der Waals surface area contributed by atoms with Crippen molar-refractivity contribution in [3.63, 3.8) is 0 Å². The Morgan fingerprint density at radius 2 is 2.03 bits per heavy atom. The van der Waals surface area contributed by atoms with Gasteiger partial charge in [0.1, 0.15) is 5.69 Å². The molecule has 1 aliphatic carbocycles. The number of benzene rings is 1. The predicted octanol–water partition coefficient (Wildman–Crippen LogP) is 2.92. The molecule has 192 valence electrons. The Labute approximate surface area is 216 Å². The molecule has 0 saturated heterocycles. The van der Waals surface area contributed by atoms with Crippen LogP contribution in [0.2, 0.25) is 5.02 Å². The van der Waals surface area contributed by atoms with Crippen molar-refractivity contribution in [2.75, 3.05) is 13.1 Å². The fraction of sp³-hybridized carbons (Fsp3) is 0.423. The Morgan fingerprint density at radius 1 is 1.28 bits per heavy atom. The summed E-state index contributed by atoms with van der Waals surface area (Å²) in [4.78, 5) is 12.7. The first-order valence-corrected chi connectivity index (χ1v) is 12.7. The molecule has 2 heterocycles. The number of aromatic nitrogens is 4. The minimum Gasteiger partial charge on any atom is -0.396 e. The first kappa shape index (κ1) is 25.9. The molecule has 0 unspecified atom stereocenters. The van der Waals surface area contributed by atoms with E-state index in [1.165, 1.54) is 6.07 Å². The molecular weight excluding hydrogens is 476 g/mol. The summed E-state index contributed by atoms with van der Waals surface area (Å²) >= 11 is 6.24. The summed E-state index contributed by atoms with van der Waals surface area (Å²) in [6.45, 7) is 5.05. The molecule has 0 bridgehead atoms. The van der Waals surface area contributed by atoms with Gasteiger partial charge >= 0.3 is 0 Å². The van der Waals surface area contributed by atoms with Crippen LogP contribution in [0.5, 0.6) is 0 Å². The second-order valence-corrected chi connectivity index (χ2v) is 10.1. The van der Waals surface area contributed by atoms with Gasteiger partial charge in [-0.05, 0) is 75.3 Å². The average molecular weight is 511 g/mol. The van der Waals surface area contributed by atoms with Gasteiger partial charge in [-0.15, -0.1) is 0 Å². The molecule has 7 N–H and O–H groups in total. The summed E-state index contributed by atoms with van der Waals surface area (Å²) < 4.78 is 1.56. The molecule has 0 aliphatic heterocycles. The number of hydrazine groups is 1. The van der Waals surface area contributed by atoms with E-state index in [0.29, 0.717) is 29.5 Å². The molecule has 1 aliphatic rings. The lowest BCUT2D eigenvalue weighted by molar-refractivity contribution is 0.221. The highest BCUT2D eigenvalue weighted by molar-refractivity contribution is 6.30. The molecule has 1 fully saturated rings. The summed E-state index contributed by atoms with van der Waals surface area (Å²) in [5.74, 6) is 6.18. The van der Waals surface area contributed by atoms with Crippen LogP contribution in [0.25, 0.3) is 5.70 Å². The third kappa shape index (κ3) is 5.48. The van der Waals surface area contributed by atoms with Gasteiger partial charge < -0.3 is 16.5 Å². The molecule has 3 aromatic rings. The van der Waals surface area contributed by atoms with Crippen molar-refractivity contribution >= 4 is 17.3 Å². The SMILES string of the molecule is Cc1n[nH]c(C)c1CCN(N)/C=C(\N)c1ccc(=O)n(C2CCC(CN)(c3cccc(Cl)c3)CC2)n1. The molecule has 0 radical (unpaired) electrons. The van der Waals surface area contributed by atoms with Gasteiger partial charge in [0.05, 0.1) is 17.4 Å². The van der Waals surface area contributed by atoms with Crippen LogP contribution >= 0.6 is 11.6 Å². The summed E-state index contributed by atoms with van der Waals surface area (Å²) in [5, 5.41) is 14.1. The second-order valence-electron chi connectivity index (χ2n) is 9.71. The van der Waals surface area contributed by atoms with E-state index in [-0.39, 0.29) is 17.0 Å². The number of hydrogen-bond acceptors (Lipinski definition) is 7. The third-order valence-corrected chi connectivity index (χ3v) is 7.65. The predicted molar refractivity (Wildman–Crippen MR) is 143 cm³/mol. The zero-order valence-corrected chi connectivity index (χ0v) is 21.6. The van der Waals surface area contributed by atoms with Crippen LogP contribution in [-0.2, 0) is 11.8 Å². The number of rotatable bonds is 8. The molecule has 1 aromatic carbocycles. The Morgan fingerprint density at radius 3 is 2.67 bits per heavy atom. The highest BCUT2D eigenvalue weighted by atomic mass is 35.5. The Hall–Kier alpha value is -3.14. The Kier molecular flexibility index (Phi) is 7.82. The molecule has 9 nitrogen and oxygen atoms in total. The Balaban J connectivity index is 1.46. The van der Waals surface area contributed by atoms with Crippen molar-refractivity contribution in [1.29, 1.82) is 0 Å². The zero-order chi connectivity index (χ0) is 25.9. The third-order valence-electron chi connectivity index (χ3n) is 7.41. The summed E-state index contributed by atoms with van der Waals surface area (Å²) in [6, 6.07) is 11.1. The van der Waals surface area contributed by atoms with Crippen LogP contribution in [0.1, 0.15) is 59.9 Å². The normalized spacial score (nSPS) is 20.5. The van der Waals surface area contributed by atoms with Gasteiger partial charge in [-0.3, -0.25) is 9.89 Å². The second kappa shape index (κ2) is 10.9. The zero-order valence-electron chi connectivity index (χ0n) is 20.9. The summed E-state index contributed by atoms with van der Waals surface area (Å²) in [6.07, 6.45) is 5.66. The molecule has 0 spiro atoms. The van der Waals surface area contributed by atoms with Gasteiger partial charge in [0, 0.05) is 41.5 Å². The van der Waals surface area contributed by atoms with Gasteiger partial charge in [-0.2, -0.15) is 10.2 Å². The minimum atomic E-state index is -0.146. The molecular formula is C26H35ClN8O. The van der Waals surface area contributed by atoms with Crippen LogP contribution in [0.15, 0.2) is 47.4 Å². The maximum absolute atomic E-state index is 12.7. The highest BCUT2D eigenvalue weighted by Gasteiger charge is 2.37. The molecule has 36 heavy (non-hydrogen) atoms. The molecule has 0 amide bonds. The number of nitrogens with one attached hydrogen (secondary N) is 1. The van der Waals surface area contributed by atoms with Crippen LogP contribution in [-0.4, -0.2) is 38.1 Å². The number of aromatic amines is 1. The van der Waals surface area contributed by atoms with Crippen molar-refractivity contribution in [3.05, 3.63) is 86.2 Å². The van der Waals surface area contributed by atoms with E-state index in [2.05, 4.69) is 21.4 Å². The number of nitrogens with zero attached hydrogens (tertiary/aromatic N) is 4.